The van der Waals surface area contributed by atoms with E-state index in [1.54, 1.807) is 24.3 Å². The second kappa shape index (κ2) is 8.11. The summed E-state index contributed by atoms with van der Waals surface area (Å²) in [5.74, 6) is -0.682. The highest BCUT2D eigenvalue weighted by Gasteiger charge is 2.56. The minimum atomic E-state index is -0.956. The van der Waals surface area contributed by atoms with Gasteiger partial charge in [-0.15, -0.1) is 0 Å². The number of hydrogen-bond acceptors (Lipinski definition) is 4. The van der Waals surface area contributed by atoms with Crippen molar-refractivity contribution in [2.75, 3.05) is 37.8 Å². The number of anilines is 2. The maximum atomic E-state index is 12.5. The highest BCUT2D eigenvalue weighted by Crippen LogP contribution is 2.46. The summed E-state index contributed by atoms with van der Waals surface area (Å²) >= 11 is 0. The van der Waals surface area contributed by atoms with Gasteiger partial charge in [-0.2, -0.15) is 0 Å². The van der Waals surface area contributed by atoms with Gasteiger partial charge >= 0.3 is 0 Å². The fourth-order valence-electron chi connectivity index (χ4n) is 2.58. The van der Waals surface area contributed by atoms with E-state index in [-0.39, 0.29) is 17.7 Å². The summed E-state index contributed by atoms with van der Waals surface area (Å²) in [7, 11) is 3.96. The molecule has 0 atom stereocenters. The van der Waals surface area contributed by atoms with Crippen LogP contribution in [-0.4, -0.2) is 49.8 Å². The van der Waals surface area contributed by atoms with E-state index < -0.39 is 5.41 Å². The van der Waals surface area contributed by atoms with Crippen molar-refractivity contribution in [3.8, 4) is 0 Å². The minimum Gasteiger partial charge on any atom is -0.355 e. The lowest BCUT2D eigenvalue weighted by Gasteiger charge is -2.16. The number of rotatable bonds is 8. The van der Waals surface area contributed by atoms with Gasteiger partial charge in [0.2, 0.25) is 17.7 Å². The van der Waals surface area contributed by atoms with Crippen molar-refractivity contribution in [3.63, 3.8) is 0 Å². The fourth-order valence-corrected chi connectivity index (χ4v) is 2.58. The van der Waals surface area contributed by atoms with Gasteiger partial charge in [-0.3, -0.25) is 14.4 Å². The average Bonchev–Trinajstić information content (AvgIpc) is 3.32. The Kier molecular flexibility index (Phi) is 6.14. The molecule has 1 aliphatic rings. The third-order valence-electron chi connectivity index (χ3n) is 4.13. The molecule has 7 heteroatoms. The van der Waals surface area contributed by atoms with Crippen LogP contribution in [0, 0.1) is 5.41 Å². The fraction of sp³-hybridized carbons (Fsp3) is 0.500. The molecule has 0 aliphatic heterocycles. The number of nitrogens with zero attached hydrogens (tertiary/aromatic N) is 1. The SMILES string of the molecule is CC(=O)Nc1cccc(NC(=O)C2(C(=O)NCCCN(C)C)CC2)c1. The van der Waals surface area contributed by atoms with E-state index >= 15 is 0 Å². The summed E-state index contributed by atoms with van der Waals surface area (Å²) in [4.78, 5) is 38.1. The zero-order chi connectivity index (χ0) is 18.4. The van der Waals surface area contributed by atoms with Crippen LogP contribution >= 0.6 is 0 Å². The van der Waals surface area contributed by atoms with Gasteiger partial charge in [-0.1, -0.05) is 6.07 Å². The third kappa shape index (κ3) is 5.29. The Morgan fingerprint density at radius 1 is 1.08 bits per heavy atom. The summed E-state index contributed by atoms with van der Waals surface area (Å²) in [5.41, 5.74) is 0.202. The van der Waals surface area contributed by atoms with Crippen molar-refractivity contribution >= 4 is 29.1 Å². The smallest absolute Gasteiger partial charge is 0.240 e. The van der Waals surface area contributed by atoms with Crippen LogP contribution < -0.4 is 16.0 Å². The number of carbonyl (C=O) groups is 3. The van der Waals surface area contributed by atoms with Crippen molar-refractivity contribution in [3.05, 3.63) is 24.3 Å². The number of amides is 3. The first-order chi connectivity index (χ1) is 11.8. The third-order valence-corrected chi connectivity index (χ3v) is 4.13. The van der Waals surface area contributed by atoms with Gasteiger partial charge in [-0.25, -0.2) is 0 Å². The molecule has 1 aromatic carbocycles. The van der Waals surface area contributed by atoms with Crippen LogP contribution in [0.2, 0.25) is 0 Å². The molecule has 0 heterocycles. The molecule has 0 aromatic heterocycles. The van der Waals surface area contributed by atoms with Crippen molar-refractivity contribution in [1.29, 1.82) is 0 Å². The molecule has 0 spiro atoms. The Labute approximate surface area is 148 Å². The zero-order valence-electron chi connectivity index (χ0n) is 15.0. The second-order valence-electron chi connectivity index (χ2n) is 6.71. The first-order valence-corrected chi connectivity index (χ1v) is 8.46. The highest BCUT2D eigenvalue weighted by atomic mass is 16.2. The molecule has 1 aliphatic carbocycles. The largest absolute Gasteiger partial charge is 0.355 e. The molecule has 3 N–H and O–H groups in total. The predicted octanol–water partition coefficient (Wildman–Crippen LogP) is 1.43. The molecular weight excluding hydrogens is 320 g/mol. The lowest BCUT2D eigenvalue weighted by atomic mass is 10.0. The summed E-state index contributed by atoms with van der Waals surface area (Å²) in [5, 5.41) is 8.32. The van der Waals surface area contributed by atoms with Crippen LogP contribution in [-0.2, 0) is 14.4 Å². The molecule has 1 aromatic rings. The second-order valence-corrected chi connectivity index (χ2v) is 6.71. The quantitative estimate of drug-likeness (QED) is 0.491. The minimum absolute atomic E-state index is 0.181. The van der Waals surface area contributed by atoms with E-state index in [1.807, 2.05) is 19.0 Å². The van der Waals surface area contributed by atoms with Crippen LogP contribution in [0.25, 0.3) is 0 Å². The van der Waals surface area contributed by atoms with E-state index in [0.29, 0.717) is 30.8 Å². The average molecular weight is 346 g/mol. The highest BCUT2D eigenvalue weighted by molar-refractivity contribution is 6.13. The molecule has 136 valence electrons. The summed E-state index contributed by atoms with van der Waals surface area (Å²) in [6.07, 6.45) is 1.96. The normalized spacial score (nSPS) is 14.7. The number of nitrogens with one attached hydrogen (secondary N) is 3. The standard InChI is InChI=1S/C18H26N4O3/c1-13(23)20-14-6-4-7-15(12-14)21-17(25)18(8-9-18)16(24)19-10-5-11-22(2)3/h4,6-7,12H,5,8-11H2,1-3H3,(H,19,24)(H,20,23)(H,21,25). The van der Waals surface area contributed by atoms with Crippen LogP contribution in [0.5, 0.6) is 0 Å². The monoisotopic (exact) mass is 346 g/mol. The molecule has 7 nitrogen and oxygen atoms in total. The Balaban J connectivity index is 1.91. The molecular formula is C18H26N4O3. The van der Waals surface area contributed by atoms with Crippen molar-refractivity contribution in [2.24, 2.45) is 5.41 Å². The van der Waals surface area contributed by atoms with E-state index in [2.05, 4.69) is 16.0 Å². The number of hydrogen-bond donors (Lipinski definition) is 3. The van der Waals surface area contributed by atoms with Crippen molar-refractivity contribution in [1.82, 2.24) is 10.2 Å². The molecule has 2 rings (SSSR count). The van der Waals surface area contributed by atoms with E-state index in [9.17, 15) is 14.4 Å². The first kappa shape index (κ1) is 18.9. The summed E-state index contributed by atoms with van der Waals surface area (Å²) in [6.45, 7) is 2.87. The molecule has 0 saturated heterocycles. The molecule has 0 bridgehead atoms. The van der Waals surface area contributed by atoms with Gasteiger partial charge < -0.3 is 20.9 Å². The van der Waals surface area contributed by atoms with Crippen LogP contribution in [0.15, 0.2) is 24.3 Å². The van der Waals surface area contributed by atoms with E-state index in [0.717, 1.165) is 13.0 Å². The van der Waals surface area contributed by atoms with Gasteiger partial charge in [-0.05, 0) is 58.1 Å². The van der Waals surface area contributed by atoms with Crippen LogP contribution in [0.3, 0.4) is 0 Å². The molecule has 0 unspecified atom stereocenters. The molecule has 3 amide bonds. The Hall–Kier alpha value is -2.41. The van der Waals surface area contributed by atoms with Crippen molar-refractivity contribution < 1.29 is 14.4 Å². The zero-order valence-corrected chi connectivity index (χ0v) is 15.0. The molecule has 1 saturated carbocycles. The number of carbonyl (C=O) groups excluding carboxylic acids is 3. The topological polar surface area (TPSA) is 90.5 Å². The Bertz CT molecular complexity index is 653. The Morgan fingerprint density at radius 2 is 1.72 bits per heavy atom. The maximum absolute atomic E-state index is 12.5. The lowest BCUT2D eigenvalue weighted by molar-refractivity contribution is -0.134. The predicted molar refractivity (Wildman–Crippen MR) is 97.2 cm³/mol. The van der Waals surface area contributed by atoms with E-state index in [1.165, 1.54) is 6.92 Å². The van der Waals surface area contributed by atoms with Gasteiger partial charge in [0, 0.05) is 24.8 Å². The number of benzene rings is 1. The maximum Gasteiger partial charge on any atom is 0.240 e. The van der Waals surface area contributed by atoms with Gasteiger partial charge in [0.05, 0.1) is 0 Å². The van der Waals surface area contributed by atoms with Gasteiger partial charge in [0.25, 0.3) is 0 Å². The molecule has 25 heavy (non-hydrogen) atoms. The van der Waals surface area contributed by atoms with Crippen LogP contribution in [0.4, 0.5) is 11.4 Å². The molecule has 0 radical (unpaired) electrons. The van der Waals surface area contributed by atoms with Gasteiger partial charge in [0.1, 0.15) is 5.41 Å². The molecule has 1 fully saturated rings. The summed E-state index contributed by atoms with van der Waals surface area (Å²) in [6, 6.07) is 6.88. The van der Waals surface area contributed by atoms with E-state index in [4.69, 9.17) is 0 Å². The summed E-state index contributed by atoms with van der Waals surface area (Å²) < 4.78 is 0. The van der Waals surface area contributed by atoms with Crippen LogP contribution in [0.1, 0.15) is 26.2 Å². The van der Waals surface area contributed by atoms with Gasteiger partial charge in [0.15, 0.2) is 0 Å². The lowest BCUT2D eigenvalue weighted by Crippen LogP contribution is -2.40. The Morgan fingerprint density at radius 3 is 2.28 bits per heavy atom. The van der Waals surface area contributed by atoms with Crippen molar-refractivity contribution in [2.45, 2.75) is 26.2 Å². The first-order valence-electron chi connectivity index (χ1n) is 8.46.